The first kappa shape index (κ1) is 12.0. The lowest BCUT2D eigenvalue weighted by Crippen LogP contribution is -2.23. The van der Waals surface area contributed by atoms with Gasteiger partial charge in [-0.2, -0.15) is 0 Å². The molecule has 0 N–H and O–H groups in total. The van der Waals surface area contributed by atoms with E-state index in [9.17, 15) is 19.1 Å². The molecule has 2 rings (SSSR count). The Labute approximate surface area is 97.1 Å². The number of aryl methyl sites for hydroxylation is 1. The van der Waals surface area contributed by atoms with Crippen LogP contribution in [0.3, 0.4) is 0 Å². The number of benzene rings is 1. The number of ketones is 1. The molecule has 0 amide bonds. The van der Waals surface area contributed by atoms with Gasteiger partial charge >= 0.3 is 0 Å². The zero-order valence-corrected chi connectivity index (χ0v) is 9.89. The van der Waals surface area contributed by atoms with Gasteiger partial charge in [-0.15, -0.1) is 0 Å². The summed E-state index contributed by atoms with van der Waals surface area (Å²) in [7, 11) is -3.25. The molecule has 17 heavy (non-hydrogen) atoms. The third kappa shape index (κ3) is 2.44. The monoisotopic (exact) mass is 252 g/mol. The van der Waals surface area contributed by atoms with Crippen molar-refractivity contribution in [2.45, 2.75) is 0 Å². The highest BCUT2D eigenvalue weighted by Crippen LogP contribution is 2.25. The highest BCUT2D eigenvalue weighted by atomic mass is 31.2. The van der Waals surface area contributed by atoms with Crippen LogP contribution in [-0.4, -0.2) is 21.5 Å². The van der Waals surface area contributed by atoms with Gasteiger partial charge in [0.05, 0.1) is 11.0 Å². The van der Waals surface area contributed by atoms with E-state index in [1.54, 1.807) is 31.3 Å². The van der Waals surface area contributed by atoms with Crippen molar-refractivity contribution in [3.8, 4) is 0 Å². The van der Waals surface area contributed by atoms with Gasteiger partial charge in [-0.05, 0) is 12.1 Å². The van der Waals surface area contributed by atoms with Crippen LogP contribution in [0.25, 0.3) is 11.0 Å². The number of Topliss-reactive ketones (excluding diaryl/α,β-unsaturated/α-hetero) is 1. The fourth-order valence-electron chi connectivity index (χ4n) is 1.64. The first-order chi connectivity index (χ1) is 7.88. The van der Waals surface area contributed by atoms with E-state index in [4.69, 9.17) is 0 Å². The first-order valence-electron chi connectivity index (χ1n) is 4.84. The summed E-state index contributed by atoms with van der Waals surface area (Å²) >= 11 is 0. The number of imidazole rings is 1. The predicted molar refractivity (Wildman–Crippen MR) is 57.5 cm³/mol. The Morgan fingerprint density at radius 2 is 2.06 bits per heavy atom. The van der Waals surface area contributed by atoms with Crippen molar-refractivity contribution in [1.82, 2.24) is 9.55 Å². The second kappa shape index (κ2) is 4.07. The second-order valence-electron chi connectivity index (χ2n) is 3.68. The third-order valence-corrected chi connectivity index (χ3v) is 3.05. The molecule has 7 heteroatoms. The van der Waals surface area contributed by atoms with Crippen molar-refractivity contribution in [1.29, 1.82) is 0 Å². The second-order valence-corrected chi connectivity index (χ2v) is 5.21. The molecule has 0 atom stereocenters. The lowest BCUT2D eigenvalue weighted by molar-refractivity contribution is -0.312. The van der Waals surface area contributed by atoms with E-state index in [-0.39, 0.29) is 5.82 Å². The van der Waals surface area contributed by atoms with Gasteiger partial charge in [0.1, 0.15) is 0 Å². The minimum absolute atomic E-state index is 0.0156. The summed E-state index contributed by atoms with van der Waals surface area (Å²) in [5, 5.41) is 0. The molecule has 0 saturated heterocycles. The average molecular weight is 252 g/mol. The van der Waals surface area contributed by atoms with Crippen molar-refractivity contribution in [3.05, 3.63) is 30.1 Å². The Hall–Kier alpha value is -1.49. The van der Waals surface area contributed by atoms with Gasteiger partial charge in [0.25, 0.3) is 0 Å². The highest BCUT2D eigenvalue weighted by Gasteiger charge is 2.15. The van der Waals surface area contributed by atoms with Gasteiger partial charge in [0.2, 0.25) is 5.78 Å². The van der Waals surface area contributed by atoms with E-state index in [0.29, 0.717) is 11.0 Å². The largest absolute Gasteiger partial charge is 0.810 e. The number of carbonyl (C=O) groups excluding carboxylic acids is 1. The summed E-state index contributed by atoms with van der Waals surface area (Å²) in [6, 6.07) is 7.01. The summed E-state index contributed by atoms with van der Waals surface area (Å²) in [6.07, 6.45) is -1.04. The van der Waals surface area contributed by atoms with Gasteiger partial charge in [0.15, 0.2) is 5.82 Å². The van der Waals surface area contributed by atoms with Crippen LogP contribution in [-0.2, 0) is 11.6 Å². The molecule has 2 aromatic rings. The number of carbonyl (C=O) groups is 1. The zero-order chi connectivity index (χ0) is 12.6. The molecule has 0 aliphatic heterocycles. The minimum Gasteiger partial charge on any atom is -0.810 e. The molecule has 6 nitrogen and oxygen atoms in total. The molecule has 1 heterocycles. The van der Waals surface area contributed by atoms with Gasteiger partial charge in [-0.1, -0.05) is 19.7 Å². The lowest BCUT2D eigenvalue weighted by Gasteiger charge is -2.27. The Morgan fingerprint density at radius 3 is 2.65 bits per heavy atom. The third-order valence-electron chi connectivity index (χ3n) is 2.37. The number of nitrogens with zero attached hydrogens (tertiary/aromatic N) is 2. The van der Waals surface area contributed by atoms with Crippen molar-refractivity contribution >= 4 is 24.4 Å². The molecule has 0 fully saturated rings. The Bertz CT molecular complexity index is 628. The smallest absolute Gasteiger partial charge is 0.203 e. The van der Waals surface area contributed by atoms with E-state index in [1.165, 1.54) is 4.57 Å². The van der Waals surface area contributed by atoms with Crippen LogP contribution >= 0.6 is 7.60 Å². The fraction of sp³-hybridized carbons (Fsp3) is 0.200. The summed E-state index contributed by atoms with van der Waals surface area (Å²) in [6.45, 7) is 0. The normalized spacial score (nSPS) is 11.9. The molecular weight excluding hydrogens is 243 g/mol. The van der Waals surface area contributed by atoms with Gasteiger partial charge in [0, 0.05) is 13.2 Å². The SMILES string of the molecule is Cn1c(C(=O)CP(=O)([O-])[O-])nc2ccccc21. The summed E-state index contributed by atoms with van der Waals surface area (Å²) in [5.41, 5.74) is 1.30. The summed E-state index contributed by atoms with van der Waals surface area (Å²) < 4.78 is 12.0. The van der Waals surface area contributed by atoms with Crippen molar-refractivity contribution in [2.24, 2.45) is 7.05 Å². The van der Waals surface area contributed by atoms with Gasteiger partial charge < -0.3 is 18.9 Å². The van der Waals surface area contributed by atoms with Gasteiger partial charge in [-0.25, -0.2) is 4.98 Å². The summed E-state index contributed by atoms with van der Waals surface area (Å²) in [4.78, 5) is 36.7. The van der Waals surface area contributed by atoms with Crippen LogP contribution in [0.15, 0.2) is 24.3 Å². The molecule has 1 aromatic heterocycles. The van der Waals surface area contributed by atoms with Crippen LogP contribution in [0.5, 0.6) is 0 Å². The molecule has 0 spiro atoms. The number of hydrogen-bond acceptors (Lipinski definition) is 5. The maximum Gasteiger partial charge on any atom is 0.203 e. The Balaban J connectivity index is 2.46. The van der Waals surface area contributed by atoms with E-state index in [2.05, 4.69) is 4.98 Å². The number of rotatable bonds is 3. The van der Waals surface area contributed by atoms with Crippen molar-refractivity contribution in [2.75, 3.05) is 6.16 Å². The quantitative estimate of drug-likeness (QED) is 0.550. The topological polar surface area (TPSA) is 98.1 Å². The Morgan fingerprint density at radius 1 is 1.41 bits per heavy atom. The first-order valence-corrected chi connectivity index (χ1v) is 6.57. The van der Waals surface area contributed by atoms with Crippen molar-refractivity contribution < 1.29 is 19.1 Å². The van der Waals surface area contributed by atoms with Crippen LogP contribution in [0.2, 0.25) is 0 Å². The molecule has 90 valence electrons. The fourth-order valence-corrected chi connectivity index (χ4v) is 2.13. The molecule has 0 radical (unpaired) electrons. The summed E-state index contributed by atoms with van der Waals surface area (Å²) in [5.74, 6) is -0.796. The standard InChI is InChI=1S/C10H11N2O4P/c1-12-8-5-3-2-4-7(8)11-10(12)9(13)6-17(14,15)16/h2-5H,6H2,1H3,(H2,14,15,16)/p-2. The molecule has 0 bridgehead atoms. The van der Waals surface area contributed by atoms with E-state index < -0.39 is 19.5 Å². The number of hydrogen-bond donors (Lipinski definition) is 0. The molecule has 0 unspecified atom stereocenters. The van der Waals surface area contributed by atoms with E-state index >= 15 is 0 Å². The highest BCUT2D eigenvalue weighted by molar-refractivity contribution is 7.49. The molecular formula is C10H9N2O4P-2. The molecule has 0 saturated carbocycles. The van der Waals surface area contributed by atoms with E-state index in [0.717, 1.165) is 0 Å². The van der Waals surface area contributed by atoms with Crippen molar-refractivity contribution in [3.63, 3.8) is 0 Å². The van der Waals surface area contributed by atoms with Crippen LogP contribution in [0, 0.1) is 0 Å². The Kier molecular flexibility index (Phi) is 2.87. The number of para-hydroxylation sites is 2. The predicted octanol–water partition coefficient (Wildman–Crippen LogP) is -0.330. The van der Waals surface area contributed by atoms with Crippen LogP contribution in [0.1, 0.15) is 10.6 Å². The average Bonchev–Trinajstić information content (AvgIpc) is 2.55. The zero-order valence-electron chi connectivity index (χ0n) is 8.99. The van der Waals surface area contributed by atoms with Crippen LogP contribution in [0.4, 0.5) is 0 Å². The lowest BCUT2D eigenvalue weighted by atomic mass is 10.3. The molecule has 0 aliphatic carbocycles. The van der Waals surface area contributed by atoms with E-state index in [1.807, 2.05) is 0 Å². The number of aromatic nitrogens is 2. The minimum atomic E-state index is -4.85. The van der Waals surface area contributed by atoms with Gasteiger partial charge in [-0.3, -0.25) is 4.79 Å². The maximum absolute atomic E-state index is 11.6. The van der Waals surface area contributed by atoms with Crippen LogP contribution < -0.4 is 9.79 Å². The maximum atomic E-state index is 11.6. The molecule has 1 aromatic carbocycles. The molecule has 0 aliphatic rings. The number of fused-ring (bicyclic) bond motifs is 1.